The van der Waals surface area contributed by atoms with E-state index >= 15 is 0 Å². The van der Waals surface area contributed by atoms with E-state index in [0.29, 0.717) is 17.1 Å². The molecule has 8 nitrogen and oxygen atoms in total. The Hall–Kier alpha value is -4.20. The minimum Gasteiger partial charge on any atom is -0.381 e. The molecule has 0 radical (unpaired) electrons. The van der Waals surface area contributed by atoms with Crippen molar-refractivity contribution < 1.29 is 4.79 Å². The van der Waals surface area contributed by atoms with Crippen LogP contribution in [0.2, 0.25) is 0 Å². The number of carbonyl (C=O) groups is 1. The minimum absolute atomic E-state index is 0.147. The fourth-order valence-electron chi connectivity index (χ4n) is 2.79. The van der Waals surface area contributed by atoms with E-state index in [4.69, 9.17) is 5.73 Å². The zero-order chi connectivity index (χ0) is 19.7. The maximum atomic E-state index is 12.8. The fourth-order valence-corrected chi connectivity index (χ4v) is 2.79. The van der Waals surface area contributed by atoms with Crippen molar-refractivity contribution in [2.24, 2.45) is 0 Å². The van der Waals surface area contributed by atoms with E-state index in [1.165, 1.54) is 15.2 Å². The Kier molecular flexibility index (Phi) is 4.21. The van der Waals surface area contributed by atoms with Crippen LogP contribution in [0.15, 0.2) is 78.2 Å². The third-order valence-electron chi connectivity index (χ3n) is 4.17. The molecule has 0 saturated carbocycles. The number of carbonyl (C=O) groups excluding carboxylic acids is 1. The van der Waals surface area contributed by atoms with Crippen LogP contribution in [0.4, 0.5) is 11.5 Å². The molecule has 1 amide bonds. The smallest absolute Gasteiger partial charge is 0.355 e. The van der Waals surface area contributed by atoms with Crippen LogP contribution in [-0.4, -0.2) is 25.1 Å². The van der Waals surface area contributed by atoms with Gasteiger partial charge in [0, 0.05) is 17.4 Å². The maximum Gasteiger partial charge on any atom is 0.355 e. The summed E-state index contributed by atoms with van der Waals surface area (Å²) in [4.78, 5) is 28.5. The highest BCUT2D eigenvalue weighted by molar-refractivity contribution is 5.98. The SMILES string of the molecule is C=CC(=O)Nc1ccc(-c2cn3c(=O)n(-c4ccccc4)nc3c(N)n2)cc1. The molecule has 0 fully saturated rings. The normalized spacial score (nSPS) is 10.7. The number of hydrogen-bond acceptors (Lipinski definition) is 5. The van der Waals surface area contributed by atoms with E-state index in [9.17, 15) is 9.59 Å². The number of nitrogen functional groups attached to an aromatic ring is 1. The summed E-state index contributed by atoms with van der Waals surface area (Å²) in [7, 11) is 0. The molecule has 2 aromatic heterocycles. The van der Waals surface area contributed by atoms with Crippen molar-refractivity contribution in [1.29, 1.82) is 0 Å². The zero-order valence-corrected chi connectivity index (χ0v) is 14.7. The molecule has 0 saturated heterocycles. The number of benzene rings is 2. The monoisotopic (exact) mass is 372 g/mol. The third-order valence-corrected chi connectivity index (χ3v) is 4.17. The number of nitrogens with two attached hydrogens (primary N) is 1. The van der Waals surface area contributed by atoms with E-state index < -0.39 is 0 Å². The molecule has 0 aliphatic rings. The number of rotatable bonds is 4. The first kappa shape index (κ1) is 17.2. The van der Waals surface area contributed by atoms with Crippen molar-refractivity contribution in [3.63, 3.8) is 0 Å². The number of nitrogens with one attached hydrogen (secondary N) is 1. The molecule has 2 aromatic carbocycles. The Morgan fingerprint density at radius 2 is 1.82 bits per heavy atom. The molecule has 28 heavy (non-hydrogen) atoms. The lowest BCUT2D eigenvalue weighted by molar-refractivity contribution is -0.111. The van der Waals surface area contributed by atoms with Gasteiger partial charge in [0.05, 0.1) is 11.4 Å². The highest BCUT2D eigenvalue weighted by Crippen LogP contribution is 2.22. The lowest BCUT2D eigenvalue weighted by Crippen LogP contribution is -2.19. The van der Waals surface area contributed by atoms with Crippen LogP contribution in [0.25, 0.3) is 22.6 Å². The number of para-hydroxylation sites is 1. The van der Waals surface area contributed by atoms with Gasteiger partial charge >= 0.3 is 5.69 Å². The van der Waals surface area contributed by atoms with E-state index in [1.807, 2.05) is 18.2 Å². The van der Waals surface area contributed by atoms with Crippen molar-refractivity contribution in [3.8, 4) is 16.9 Å². The molecule has 0 atom stereocenters. The summed E-state index contributed by atoms with van der Waals surface area (Å²) in [5.41, 5.74) is 8.51. The standard InChI is InChI=1S/C20H16N6O2/c1-2-17(27)22-14-10-8-13(9-11-14)16-12-25-19(18(21)23-16)24-26(20(25)28)15-6-4-3-5-7-15/h2-12H,1H2,(H2,21,23)(H,22,27). The minimum atomic E-state index is -0.341. The van der Waals surface area contributed by atoms with Gasteiger partial charge in [-0.15, -0.1) is 5.10 Å². The predicted octanol–water partition coefficient (Wildman–Crippen LogP) is 2.25. The lowest BCUT2D eigenvalue weighted by Gasteiger charge is -2.06. The maximum absolute atomic E-state index is 12.8. The fraction of sp³-hybridized carbons (Fsp3) is 0. The summed E-state index contributed by atoms with van der Waals surface area (Å²) >= 11 is 0. The second kappa shape index (κ2) is 6.84. The van der Waals surface area contributed by atoms with Gasteiger partial charge in [0.1, 0.15) is 0 Å². The van der Waals surface area contributed by atoms with E-state index in [2.05, 4.69) is 22.0 Å². The molecule has 138 valence electrons. The summed E-state index contributed by atoms with van der Waals surface area (Å²) in [6, 6.07) is 16.1. The summed E-state index contributed by atoms with van der Waals surface area (Å²) in [6.45, 7) is 3.42. The van der Waals surface area contributed by atoms with Crippen LogP contribution >= 0.6 is 0 Å². The number of aromatic nitrogens is 4. The van der Waals surface area contributed by atoms with Gasteiger partial charge in [0.25, 0.3) is 0 Å². The van der Waals surface area contributed by atoms with Crippen LogP contribution in [0.3, 0.4) is 0 Å². The number of amides is 1. The number of nitrogens with zero attached hydrogens (tertiary/aromatic N) is 4. The van der Waals surface area contributed by atoms with Crippen molar-refractivity contribution in [3.05, 3.63) is 83.9 Å². The summed E-state index contributed by atoms with van der Waals surface area (Å²) in [5.74, 6) is -0.148. The van der Waals surface area contributed by atoms with Crippen LogP contribution in [0.1, 0.15) is 0 Å². The van der Waals surface area contributed by atoms with Crippen LogP contribution < -0.4 is 16.7 Å². The van der Waals surface area contributed by atoms with Crippen molar-refractivity contribution in [1.82, 2.24) is 19.2 Å². The largest absolute Gasteiger partial charge is 0.381 e. The molecule has 8 heteroatoms. The molecule has 0 unspecified atom stereocenters. The highest BCUT2D eigenvalue weighted by Gasteiger charge is 2.14. The van der Waals surface area contributed by atoms with Crippen LogP contribution in [-0.2, 0) is 4.79 Å². The Balaban J connectivity index is 1.77. The zero-order valence-electron chi connectivity index (χ0n) is 14.7. The summed E-state index contributed by atoms with van der Waals surface area (Å²) in [5, 5.41) is 6.97. The number of fused-ring (bicyclic) bond motifs is 1. The van der Waals surface area contributed by atoms with Gasteiger partial charge in [-0.1, -0.05) is 36.9 Å². The second-order valence-electron chi connectivity index (χ2n) is 6.01. The Morgan fingerprint density at radius 3 is 2.50 bits per heavy atom. The van der Waals surface area contributed by atoms with Crippen LogP contribution in [0, 0.1) is 0 Å². The predicted molar refractivity (Wildman–Crippen MR) is 107 cm³/mol. The van der Waals surface area contributed by atoms with Gasteiger partial charge in [0.15, 0.2) is 5.82 Å². The van der Waals surface area contributed by atoms with E-state index in [1.54, 1.807) is 42.6 Å². The van der Waals surface area contributed by atoms with Gasteiger partial charge in [-0.05, 0) is 30.3 Å². The topological polar surface area (TPSA) is 107 Å². The number of hydrogen-bond donors (Lipinski definition) is 2. The Morgan fingerprint density at radius 1 is 1.11 bits per heavy atom. The van der Waals surface area contributed by atoms with E-state index in [0.717, 1.165) is 5.56 Å². The Bertz CT molecular complexity index is 1240. The molecular weight excluding hydrogens is 356 g/mol. The van der Waals surface area contributed by atoms with Gasteiger partial charge in [0.2, 0.25) is 11.6 Å². The highest BCUT2D eigenvalue weighted by atomic mass is 16.2. The molecular formula is C20H16N6O2. The van der Waals surface area contributed by atoms with Gasteiger partial charge in [-0.2, -0.15) is 4.68 Å². The molecule has 2 heterocycles. The van der Waals surface area contributed by atoms with Crippen LogP contribution in [0.5, 0.6) is 0 Å². The molecule has 0 bridgehead atoms. The van der Waals surface area contributed by atoms with Crippen molar-refractivity contribution >= 4 is 23.1 Å². The van der Waals surface area contributed by atoms with Crippen molar-refractivity contribution in [2.45, 2.75) is 0 Å². The third kappa shape index (κ3) is 3.03. The van der Waals surface area contributed by atoms with Crippen molar-refractivity contribution in [2.75, 3.05) is 11.1 Å². The second-order valence-corrected chi connectivity index (χ2v) is 6.01. The molecule has 3 N–H and O–H groups in total. The van der Waals surface area contributed by atoms with Gasteiger partial charge in [-0.25, -0.2) is 14.2 Å². The molecule has 4 rings (SSSR count). The first-order valence-electron chi connectivity index (χ1n) is 8.44. The molecule has 4 aromatic rings. The Labute approximate surface area is 159 Å². The first-order chi connectivity index (χ1) is 13.6. The average molecular weight is 372 g/mol. The molecule has 0 aliphatic carbocycles. The quantitative estimate of drug-likeness (QED) is 0.534. The average Bonchev–Trinajstić information content (AvgIpc) is 3.06. The van der Waals surface area contributed by atoms with Gasteiger partial charge < -0.3 is 11.1 Å². The first-order valence-corrected chi connectivity index (χ1v) is 8.44. The molecule has 0 spiro atoms. The number of anilines is 2. The lowest BCUT2D eigenvalue weighted by atomic mass is 10.1. The molecule has 0 aliphatic heterocycles. The summed E-state index contributed by atoms with van der Waals surface area (Å²) < 4.78 is 2.66. The van der Waals surface area contributed by atoms with Gasteiger partial charge in [-0.3, -0.25) is 4.79 Å². The van der Waals surface area contributed by atoms with E-state index in [-0.39, 0.29) is 23.1 Å². The summed E-state index contributed by atoms with van der Waals surface area (Å²) in [6.07, 6.45) is 2.79.